The van der Waals surface area contributed by atoms with E-state index in [1.165, 1.54) is 12.1 Å². The van der Waals surface area contributed by atoms with Crippen LogP contribution < -0.4 is 4.72 Å². The zero-order valence-corrected chi connectivity index (χ0v) is 16.7. The van der Waals surface area contributed by atoms with Gasteiger partial charge in [0.05, 0.1) is 17.5 Å². The van der Waals surface area contributed by atoms with Gasteiger partial charge in [-0.2, -0.15) is 0 Å². The molecule has 0 aliphatic carbocycles. The Morgan fingerprint density at radius 2 is 1.96 bits per heavy atom. The summed E-state index contributed by atoms with van der Waals surface area (Å²) in [6.07, 6.45) is 1.70. The number of unbranched alkanes of at least 4 members (excludes halogenated alkanes) is 1. The molecule has 148 valence electrons. The van der Waals surface area contributed by atoms with E-state index in [2.05, 4.69) is 4.72 Å². The first-order valence-corrected chi connectivity index (χ1v) is 10.6. The Morgan fingerprint density at radius 3 is 2.54 bits per heavy atom. The van der Waals surface area contributed by atoms with Crippen LogP contribution in [0.3, 0.4) is 0 Å². The first kappa shape index (κ1) is 21.5. The fourth-order valence-corrected chi connectivity index (χ4v) is 4.31. The minimum atomic E-state index is -3.22. The predicted octanol–water partition coefficient (Wildman–Crippen LogP) is 4.37. The van der Waals surface area contributed by atoms with E-state index in [0.29, 0.717) is 5.75 Å². The zero-order valence-electron chi connectivity index (χ0n) is 15.9. The topological polar surface area (TPSA) is 38.3 Å². The van der Waals surface area contributed by atoms with Gasteiger partial charge in [-0.25, -0.2) is 13.2 Å². The number of hydrogen-bond donors (Lipinski definition) is 1. The highest BCUT2D eigenvalue weighted by Crippen LogP contribution is 2.43. The summed E-state index contributed by atoms with van der Waals surface area (Å²) < 4.78 is 59.3. The van der Waals surface area contributed by atoms with Crippen LogP contribution in [0, 0.1) is 11.7 Å². The van der Waals surface area contributed by atoms with Crippen LogP contribution in [0.2, 0.25) is 0 Å². The lowest BCUT2D eigenvalue weighted by Gasteiger charge is -2.45. The van der Waals surface area contributed by atoms with E-state index < -0.39 is 40.6 Å². The van der Waals surface area contributed by atoms with Crippen LogP contribution in [0.15, 0.2) is 18.2 Å². The normalized spacial score (nSPS) is 18.8. The first-order valence-electron chi connectivity index (χ1n) is 9.23. The van der Waals surface area contributed by atoms with Crippen molar-refractivity contribution in [3.8, 4) is 0 Å². The van der Waals surface area contributed by atoms with E-state index in [9.17, 15) is 17.7 Å². The average molecular weight is 391 g/mol. The van der Waals surface area contributed by atoms with Gasteiger partial charge in [-0.1, -0.05) is 31.5 Å². The third kappa shape index (κ3) is 4.74. The molecule has 1 saturated heterocycles. The van der Waals surface area contributed by atoms with E-state index in [1.807, 2.05) is 25.7 Å². The molecule has 1 aliphatic heterocycles. The second kappa shape index (κ2) is 8.95. The molecule has 1 aliphatic rings. The number of rotatable bonds is 9. The van der Waals surface area contributed by atoms with Crippen LogP contribution in [-0.2, 0) is 17.3 Å². The second-order valence-electron chi connectivity index (χ2n) is 7.32. The largest absolute Gasteiger partial charge is 0.598 e. The summed E-state index contributed by atoms with van der Waals surface area (Å²) in [6, 6.07) is 3.70. The van der Waals surface area contributed by atoms with Gasteiger partial charge in [0.1, 0.15) is 11.6 Å². The van der Waals surface area contributed by atoms with Gasteiger partial charge in [-0.15, -0.1) is 4.72 Å². The average Bonchev–Trinajstić information content (AvgIpc) is 2.50. The Balaban J connectivity index is 2.13. The molecular weight excluding hydrogens is 361 g/mol. The van der Waals surface area contributed by atoms with Crippen molar-refractivity contribution >= 4 is 11.4 Å². The number of halogens is 3. The van der Waals surface area contributed by atoms with Crippen LogP contribution >= 0.6 is 0 Å². The van der Waals surface area contributed by atoms with Gasteiger partial charge in [-0.05, 0) is 27.2 Å². The molecule has 1 aromatic carbocycles. The van der Waals surface area contributed by atoms with Crippen molar-refractivity contribution in [1.82, 2.24) is 9.62 Å². The molecule has 1 heterocycles. The SMILES string of the molecule is CCCC[S+]([O-])N[C@H](C)c1cccc(C(F)(F)C2CN(C(C)C)C2)c1F. The van der Waals surface area contributed by atoms with Gasteiger partial charge >= 0.3 is 0 Å². The Morgan fingerprint density at radius 1 is 1.31 bits per heavy atom. The van der Waals surface area contributed by atoms with Crippen molar-refractivity contribution in [1.29, 1.82) is 0 Å². The van der Waals surface area contributed by atoms with Crippen molar-refractivity contribution in [3.63, 3.8) is 0 Å². The number of benzene rings is 1. The maximum atomic E-state index is 14.9. The Bertz CT molecular complexity index is 594. The number of alkyl halides is 2. The van der Waals surface area contributed by atoms with E-state index in [1.54, 1.807) is 6.92 Å². The summed E-state index contributed by atoms with van der Waals surface area (Å²) in [4.78, 5) is 1.95. The highest BCUT2D eigenvalue weighted by Gasteiger charge is 2.50. The van der Waals surface area contributed by atoms with Gasteiger partial charge in [0.25, 0.3) is 5.92 Å². The fourth-order valence-electron chi connectivity index (χ4n) is 3.12. The molecule has 0 aromatic heterocycles. The molecule has 0 saturated carbocycles. The number of hydrogen-bond acceptors (Lipinski definition) is 3. The van der Waals surface area contributed by atoms with Crippen LogP contribution in [0.25, 0.3) is 0 Å². The molecule has 7 heteroatoms. The van der Waals surface area contributed by atoms with Crippen LogP contribution in [0.1, 0.15) is 57.7 Å². The highest BCUT2D eigenvalue weighted by molar-refractivity contribution is 7.89. The molecule has 2 rings (SSSR count). The van der Waals surface area contributed by atoms with Crippen LogP contribution in [0.5, 0.6) is 0 Å². The number of likely N-dealkylation sites (tertiary alicyclic amines) is 1. The molecule has 1 N–H and O–H groups in total. The second-order valence-corrected chi connectivity index (χ2v) is 8.65. The van der Waals surface area contributed by atoms with Crippen LogP contribution in [-0.4, -0.2) is 34.3 Å². The molecule has 1 aromatic rings. The summed E-state index contributed by atoms with van der Waals surface area (Å²) in [6.45, 7) is 8.09. The highest BCUT2D eigenvalue weighted by atomic mass is 32.2. The Hall–Kier alpha value is -0.760. The molecule has 26 heavy (non-hydrogen) atoms. The number of nitrogens with zero attached hydrogens (tertiary/aromatic N) is 1. The van der Waals surface area contributed by atoms with Gasteiger partial charge in [-0.3, -0.25) is 4.90 Å². The lowest BCUT2D eigenvalue weighted by atomic mass is 9.86. The summed E-state index contributed by atoms with van der Waals surface area (Å²) in [7, 11) is 0. The third-order valence-electron chi connectivity index (χ3n) is 5.00. The fraction of sp³-hybridized carbons (Fsp3) is 0.684. The quantitative estimate of drug-likeness (QED) is 0.636. The number of nitrogens with one attached hydrogen (secondary N) is 1. The molecule has 2 atom stereocenters. The minimum Gasteiger partial charge on any atom is -0.598 e. The van der Waals surface area contributed by atoms with Crippen molar-refractivity contribution in [2.24, 2.45) is 5.92 Å². The van der Waals surface area contributed by atoms with Gasteiger partial charge in [0, 0.05) is 36.1 Å². The molecule has 1 fully saturated rings. The molecule has 0 amide bonds. The molecule has 1 unspecified atom stereocenters. The maximum absolute atomic E-state index is 14.9. The van der Waals surface area contributed by atoms with Gasteiger partial charge < -0.3 is 4.55 Å². The molecule has 3 nitrogen and oxygen atoms in total. The first-order chi connectivity index (χ1) is 12.2. The lowest BCUT2D eigenvalue weighted by molar-refractivity contribution is -0.132. The minimum absolute atomic E-state index is 0.132. The van der Waals surface area contributed by atoms with Gasteiger partial charge in [0.2, 0.25) is 0 Å². The van der Waals surface area contributed by atoms with E-state index in [-0.39, 0.29) is 24.7 Å². The van der Waals surface area contributed by atoms with Crippen molar-refractivity contribution in [2.45, 2.75) is 58.5 Å². The van der Waals surface area contributed by atoms with Crippen molar-refractivity contribution in [2.75, 3.05) is 18.8 Å². The monoisotopic (exact) mass is 390 g/mol. The summed E-state index contributed by atoms with van der Waals surface area (Å²) in [5.74, 6) is -4.53. The van der Waals surface area contributed by atoms with Crippen molar-refractivity contribution < 1.29 is 17.7 Å². The van der Waals surface area contributed by atoms with E-state index in [4.69, 9.17) is 0 Å². The van der Waals surface area contributed by atoms with Crippen LogP contribution in [0.4, 0.5) is 13.2 Å². The zero-order chi connectivity index (χ0) is 19.5. The molecule has 0 radical (unpaired) electrons. The van der Waals surface area contributed by atoms with Gasteiger partial charge in [0.15, 0.2) is 0 Å². The Labute approximate surface area is 157 Å². The summed E-state index contributed by atoms with van der Waals surface area (Å²) in [5, 5.41) is 0. The van der Waals surface area contributed by atoms with Crippen molar-refractivity contribution in [3.05, 3.63) is 35.1 Å². The smallest absolute Gasteiger partial charge is 0.281 e. The third-order valence-corrected chi connectivity index (χ3v) is 6.27. The standard InChI is InChI=1S/C19H29F3N2OS/c1-5-6-10-26(25)23-14(4)16-8-7-9-17(18(16)20)19(21,22)15-11-24(12-15)13(2)3/h7-9,13-15,23H,5-6,10-12H2,1-4H3/t14-,26?/m1/s1. The van der Waals surface area contributed by atoms with E-state index in [0.717, 1.165) is 18.9 Å². The molecular formula is C19H29F3N2OS. The summed E-state index contributed by atoms with van der Waals surface area (Å²) >= 11 is -1.31. The van der Waals surface area contributed by atoms with E-state index >= 15 is 0 Å². The summed E-state index contributed by atoms with van der Waals surface area (Å²) in [5.41, 5.74) is -0.427. The molecule has 0 spiro atoms. The lowest BCUT2D eigenvalue weighted by Crippen LogP contribution is -2.56. The maximum Gasteiger partial charge on any atom is 0.281 e. The predicted molar refractivity (Wildman–Crippen MR) is 100.0 cm³/mol. The Kier molecular flexibility index (Phi) is 7.42. The molecule has 0 bridgehead atoms.